The van der Waals surface area contributed by atoms with E-state index in [1.165, 1.54) is 13.3 Å². The number of methoxy groups -OCH3 is 1. The van der Waals surface area contributed by atoms with Crippen LogP contribution in [-0.2, 0) is 0 Å². The minimum absolute atomic E-state index is 0.373. The molecule has 9 heavy (non-hydrogen) atoms. The third-order valence-electron chi connectivity index (χ3n) is 0.970. The molecule has 0 saturated heterocycles. The Morgan fingerprint density at radius 2 is 2.67 bits per heavy atom. The number of rotatable bonds is 2. The fourth-order valence-corrected chi connectivity index (χ4v) is 0.532. The first-order valence-electron chi connectivity index (χ1n) is 2.41. The number of aromatic nitrogens is 2. The monoisotopic (exact) mass is 126 g/mol. The summed E-state index contributed by atoms with van der Waals surface area (Å²) in [5.41, 5.74) is 0.373. The van der Waals surface area contributed by atoms with E-state index in [1.54, 1.807) is 0 Å². The molecular weight excluding hydrogens is 120 g/mol. The molecule has 0 bridgehead atoms. The van der Waals surface area contributed by atoms with E-state index in [0.717, 1.165) is 0 Å². The summed E-state index contributed by atoms with van der Waals surface area (Å²) in [6.45, 7) is 0. The molecule has 0 unspecified atom stereocenters. The highest BCUT2D eigenvalue weighted by atomic mass is 16.5. The topological polar surface area (TPSA) is 55.0 Å². The summed E-state index contributed by atoms with van der Waals surface area (Å²) < 4.78 is 4.75. The number of nitrogens with zero attached hydrogens (tertiary/aromatic N) is 1. The molecule has 1 N–H and O–H groups in total. The molecule has 0 atom stereocenters. The van der Waals surface area contributed by atoms with E-state index in [-0.39, 0.29) is 0 Å². The van der Waals surface area contributed by atoms with E-state index in [1.807, 2.05) is 0 Å². The lowest BCUT2D eigenvalue weighted by Crippen LogP contribution is -1.85. The summed E-state index contributed by atoms with van der Waals surface area (Å²) in [6.07, 6.45) is 2.11. The van der Waals surface area contributed by atoms with E-state index in [0.29, 0.717) is 17.7 Å². The Hall–Kier alpha value is -1.32. The summed E-state index contributed by atoms with van der Waals surface area (Å²) in [6, 6.07) is 0. The van der Waals surface area contributed by atoms with Gasteiger partial charge in [0.05, 0.1) is 13.3 Å². The van der Waals surface area contributed by atoms with Gasteiger partial charge in [-0.3, -0.25) is 9.89 Å². The number of H-pyrrole nitrogens is 1. The van der Waals surface area contributed by atoms with Crippen molar-refractivity contribution in [3.8, 4) is 5.75 Å². The zero-order valence-electron chi connectivity index (χ0n) is 4.92. The van der Waals surface area contributed by atoms with Crippen LogP contribution in [0.15, 0.2) is 6.20 Å². The normalized spacial score (nSPS) is 9.00. The van der Waals surface area contributed by atoms with Gasteiger partial charge < -0.3 is 4.74 Å². The Balaban J connectivity index is 2.98. The van der Waals surface area contributed by atoms with E-state index in [9.17, 15) is 4.79 Å². The molecule has 1 aromatic rings. The number of ether oxygens (including phenoxy) is 1. The van der Waals surface area contributed by atoms with Crippen molar-refractivity contribution in [1.29, 1.82) is 0 Å². The lowest BCUT2D eigenvalue weighted by Gasteiger charge is -1.90. The number of aromatic amines is 1. The maximum Gasteiger partial charge on any atom is 0.171 e. The van der Waals surface area contributed by atoms with Crippen LogP contribution in [0.5, 0.6) is 5.75 Å². The predicted molar refractivity (Wildman–Crippen MR) is 30.5 cm³/mol. The van der Waals surface area contributed by atoms with Gasteiger partial charge in [0.15, 0.2) is 12.0 Å². The third kappa shape index (κ3) is 0.910. The Morgan fingerprint density at radius 1 is 1.89 bits per heavy atom. The molecule has 0 aliphatic heterocycles. The molecule has 0 aromatic carbocycles. The van der Waals surface area contributed by atoms with Crippen LogP contribution in [0.3, 0.4) is 0 Å². The van der Waals surface area contributed by atoms with Crippen molar-refractivity contribution in [1.82, 2.24) is 10.2 Å². The van der Waals surface area contributed by atoms with Crippen LogP contribution < -0.4 is 4.74 Å². The van der Waals surface area contributed by atoms with Crippen LogP contribution in [0.4, 0.5) is 0 Å². The molecule has 0 radical (unpaired) electrons. The van der Waals surface area contributed by atoms with Gasteiger partial charge in [-0.15, -0.1) is 0 Å². The van der Waals surface area contributed by atoms with Crippen molar-refractivity contribution in [2.24, 2.45) is 0 Å². The maximum atomic E-state index is 10.1. The van der Waals surface area contributed by atoms with E-state index in [2.05, 4.69) is 10.2 Å². The molecule has 0 spiro atoms. The van der Waals surface area contributed by atoms with Crippen LogP contribution in [0, 0.1) is 0 Å². The molecule has 0 saturated carbocycles. The zero-order chi connectivity index (χ0) is 6.69. The predicted octanol–water partition coefficient (Wildman–Crippen LogP) is 0.231. The maximum absolute atomic E-state index is 10.1. The number of nitrogens with one attached hydrogen (secondary N) is 1. The van der Waals surface area contributed by atoms with Gasteiger partial charge in [-0.1, -0.05) is 0 Å². The molecule has 0 amide bonds. The average Bonchev–Trinajstić information content (AvgIpc) is 2.33. The van der Waals surface area contributed by atoms with Gasteiger partial charge in [0.25, 0.3) is 0 Å². The summed E-state index contributed by atoms with van der Waals surface area (Å²) in [5.74, 6) is 0.477. The summed E-state index contributed by atoms with van der Waals surface area (Å²) in [7, 11) is 1.48. The van der Waals surface area contributed by atoms with Gasteiger partial charge in [0.2, 0.25) is 0 Å². The molecule has 0 aliphatic carbocycles. The van der Waals surface area contributed by atoms with Crippen molar-refractivity contribution in [3.63, 3.8) is 0 Å². The molecule has 1 aromatic heterocycles. The van der Waals surface area contributed by atoms with Crippen molar-refractivity contribution in [3.05, 3.63) is 11.9 Å². The van der Waals surface area contributed by atoms with Gasteiger partial charge in [-0.25, -0.2) is 0 Å². The van der Waals surface area contributed by atoms with E-state index in [4.69, 9.17) is 4.74 Å². The molecule has 1 heterocycles. The number of aldehydes is 1. The van der Waals surface area contributed by atoms with Gasteiger partial charge in [-0.2, -0.15) is 5.10 Å². The minimum atomic E-state index is 0.373. The molecule has 4 nitrogen and oxygen atoms in total. The summed E-state index contributed by atoms with van der Waals surface area (Å²) in [4.78, 5) is 10.1. The quantitative estimate of drug-likeness (QED) is 0.577. The smallest absolute Gasteiger partial charge is 0.171 e. The van der Waals surface area contributed by atoms with Gasteiger partial charge >= 0.3 is 0 Å². The first kappa shape index (κ1) is 5.81. The highest BCUT2D eigenvalue weighted by Crippen LogP contribution is 2.09. The van der Waals surface area contributed by atoms with Crippen molar-refractivity contribution in [2.75, 3.05) is 7.11 Å². The first-order chi connectivity index (χ1) is 4.38. The number of carbonyl (C=O) groups excluding carboxylic acids is 1. The van der Waals surface area contributed by atoms with Gasteiger partial charge in [0, 0.05) is 0 Å². The highest BCUT2D eigenvalue weighted by molar-refractivity contribution is 5.75. The molecule has 1 rings (SSSR count). The van der Waals surface area contributed by atoms with Crippen molar-refractivity contribution in [2.45, 2.75) is 0 Å². The highest BCUT2D eigenvalue weighted by Gasteiger charge is 2.00. The van der Waals surface area contributed by atoms with Gasteiger partial charge in [0.1, 0.15) is 5.69 Å². The SMILES string of the molecule is COc1cn[nH]c1C=O. The van der Waals surface area contributed by atoms with Crippen LogP contribution >= 0.6 is 0 Å². The van der Waals surface area contributed by atoms with Crippen LogP contribution in [0.1, 0.15) is 10.5 Å². The Morgan fingerprint density at radius 3 is 3.11 bits per heavy atom. The molecule has 0 fully saturated rings. The van der Waals surface area contributed by atoms with E-state index >= 15 is 0 Å². The van der Waals surface area contributed by atoms with Crippen LogP contribution in [0.25, 0.3) is 0 Å². The second kappa shape index (κ2) is 2.30. The summed E-state index contributed by atoms with van der Waals surface area (Å²) in [5, 5.41) is 6.05. The molecule has 0 aliphatic rings. The largest absolute Gasteiger partial charge is 0.493 e. The molecule has 48 valence electrons. The van der Waals surface area contributed by atoms with Crippen molar-refractivity contribution >= 4 is 6.29 Å². The first-order valence-corrected chi connectivity index (χ1v) is 2.41. The Labute approximate surface area is 51.8 Å². The third-order valence-corrected chi connectivity index (χ3v) is 0.970. The second-order valence-corrected chi connectivity index (χ2v) is 1.47. The number of hydrogen-bond acceptors (Lipinski definition) is 3. The van der Waals surface area contributed by atoms with Crippen molar-refractivity contribution < 1.29 is 9.53 Å². The molecule has 4 heteroatoms. The zero-order valence-corrected chi connectivity index (χ0v) is 4.92. The lowest BCUT2D eigenvalue weighted by atomic mass is 10.4. The van der Waals surface area contributed by atoms with E-state index < -0.39 is 0 Å². The average molecular weight is 126 g/mol. The Bertz CT molecular complexity index is 206. The lowest BCUT2D eigenvalue weighted by molar-refractivity contribution is 0.111. The van der Waals surface area contributed by atoms with Crippen LogP contribution in [-0.4, -0.2) is 23.6 Å². The fourth-order valence-electron chi connectivity index (χ4n) is 0.532. The minimum Gasteiger partial charge on any atom is -0.493 e. The summed E-state index contributed by atoms with van der Waals surface area (Å²) >= 11 is 0. The Kier molecular flexibility index (Phi) is 1.48. The standard InChI is InChI=1S/C5H6N2O2/c1-9-5-2-6-7-4(5)3-8/h2-3H,1H3,(H,6,7). The van der Waals surface area contributed by atoms with Crippen LogP contribution in [0.2, 0.25) is 0 Å². The fraction of sp³-hybridized carbons (Fsp3) is 0.200. The number of hydrogen-bond donors (Lipinski definition) is 1. The second-order valence-electron chi connectivity index (χ2n) is 1.47. The van der Waals surface area contributed by atoms with Gasteiger partial charge in [-0.05, 0) is 0 Å². The number of carbonyl (C=O) groups is 1. The molecular formula is C5H6N2O2.